The molecular formula is C19H21ClO4. The van der Waals surface area contributed by atoms with E-state index in [-0.39, 0.29) is 0 Å². The molecule has 0 aliphatic carbocycles. The molecular weight excluding hydrogens is 328 g/mol. The third kappa shape index (κ3) is 4.42. The van der Waals surface area contributed by atoms with Gasteiger partial charge in [-0.1, -0.05) is 48.9 Å². The quantitative estimate of drug-likeness (QED) is 0.684. The number of carbonyl (C=O) groups is 1. The zero-order valence-corrected chi connectivity index (χ0v) is 14.8. The van der Waals surface area contributed by atoms with Crippen molar-refractivity contribution >= 4 is 17.6 Å². The molecule has 0 saturated carbocycles. The van der Waals surface area contributed by atoms with Gasteiger partial charge in [-0.2, -0.15) is 0 Å². The number of carbonyl (C=O) groups excluding carboxylic acids is 1. The highest BCUT2D eigenvalue weighted by Gasteiger charge is 2.35. The standard InChI is InChI=1S/C19H21ClO4/c1-4-19(2,18(21)22-3)24-15-10-11-16(20)17(12-15)23-13-14-8-6-5-7-9-14/h5-12H,4,13H2,1-3H3/t19-/m0/s1. The Bertz CT molecular complexity index is 687. The van der Waals surface area contributed by atoms with E-state index < -0.39 is 11.6 Å². The maximum absolute atomic E-state index is 11.9. The summed E-state index contributed by atoms with van der Waals surface area (Å²) in [6.45, 7) is 3.95. The number of hydrogen-bond donors (Lipinski definition) is 0. The lowest BCUT2D eigenvalue weighted by molar-refractivity contribution is -0.157. The molecule has 2 rings (SSSR count). The van der Waals surface area contributed by atoms with Crippen molar-refractivity contribution in [3.8, 4) is 11.5 Å². The van der Waals surface area contributed by atoms with Gasteiger partial charge in [0.05, 0.1) is 12.1 Å². The smallest absolute Gasteiger partial charge is 0.349 e. The lowest BCUT2D eigenvalue weighted by atomic mass is 10.0. The third-order valence-electron chi connectivity index (χ3n) is 3.77. The van der Waals surface area contributed by atoms with E-state index in [1.165, 1.54) is 7.11 Å². The Balaban J connectivity index is 2.14. The first kappa shape index (κ1) is 18.1. The molecule has 4 nitrogen and oxygen atoms in total. The summed E-state index contributed by atoms with van der Waals surface area (Å²) < 4.78 is 16.4. The minimum Gasteiger partial charge on any atom is -0.487 e. The van der Waals surface area contributed by atoms with Crippen molar-refractivity contribution < 1.29 is 19.0 Å². The van der Waals surface area contributed by atoms with Crippen LogP contribution in [0, 0.1) is 0 Å². The van der Waals surface area contributed by atoms with Crippen molar-refractivity contribution in [2.45, 2.75) is 32.5 Å². The fourth-order valence-electron chi connectivity index (χ4n) is 2.13. The van der Waals surface area contributed by atoms with E-state index in [1.807, 2.05) is 37.3 Å². The van der Waals surface area contributed by atoms with Crippen LogP contribution in [0.4, 0.5) is 0 Å². The monoisotopic (exact) mass is 348 g/mol. The summed E-state index contributed by atoms with van der Waals surface area (Å²) in [5, 5.41) is 0.481. The first-order chi connectivity index (χ1) is 11.5. The van der Waals surface area contributed by atoms with Gasteiger partial charge in [-0.15, -0.1) is 0 Å². The molecule has 5 heteroatoms. The van der Waals surface area contributed by atoms with E-state index in [0.717, 1.165) is 5.56 Å². The van der Waals surface area contributed by atoms with Gasteiger partial charge in [0, 0.05) is 6.07 Å². The average Bonchev–Trinajstić information content (AvgIpc) is 2.62. The summed E-state index contributed by atoms with van der Waals surface area (Å²) >= 11 is 6.19. The zero-order valence-electron chi connectivity index (χ0n) is 14.0. The van der Waals surface area contributed by atoms with Gasteiger partial charge in [0.1, 0.15) is 18.1 Å². The van der Waals surface area contributed by atoms with Crippen LogP contribution in [0.3, 0.4) is 0 Å². The van der Waals surface area contributed by atoms with Gasteiger partial charge in [-0.05, 0) is 31.0 Å². The van der Waals surface area contributed by atoms with Crippen LogP contribution in [0.15, 0.2) is 48.5 Å². The van der Waals surface area contributed by atoms with Crippen molar-refractivity contribution in [2.75, 3.05) is 7.11 Å². The van der Waals surface area contributed by atoms with E-state index in [0.29, 0.717) is 29.5 Å². The van der Waals surface area contributed by atoms with E-state index in [9.17, 15) is 4.79 Å². The summed E-state index contributed by atoms with van der Waals surface area (Å²) in [7, 11) is 1.34. The number of hydrogen-bond acceptors (Lipinski definition) is 4. The molecule has 0 amide bonds. The van der Waals surface area contributed by atoms with Crippen LogP contribution >= 0.6 is 11.6 Å². The molecule has 2 aromatic carbocycles. The molecule has 0 aliphatic rings. The van der Waals surface area contributed by atoms with Crippen LogP contribution in [-0.2, 0) is 16.1 Å². The van der Waals surface area contributed by atoms with Crippen molar-refractivity contribution in [1.29, 1.82) is 0 Å². The van der Waals surface area contributed by atoms with E-state index in [2.05, 4.69) is 0 Å². The maximum Gasteiger partial charge on any atom is 0.349 e. The normalized spacial score (nSPS) is 13.0. The number of esters is 1. The fraction of sp³-hybridized carbons (Fsp3) is 0.316. The molecule has 0 radical (unpaired) electrons. The number of benzene rings is 2. The van der Waals surface area contributed by atoms with Gasteiger partial charge in [0.25, 0.3) is 0 Å². The second-order valence-corrected chi connectivity index (χ2v) is 5.95. The van der Waals surface area contributed by atoms with E-state index in [1.54, 1.807) is 25.1 Å². The minimum atomic E-state index is -1.06. The molecule has 0 bridgehead atoms. The highest BCUT2D eigenvalue weighted by atomic mass is 35.5. The predicted octanol–water partition coefficient (Wildman–Crippen LogP) is 4.64. The third-order valence-corrected chi connectivity index (χ3v) is 4.09. The average molecular weight is 349 g/mol. The topological polar surface area (TPSA) is 44.8 Å². The van der Waals surface area contributed by atoms with E-state index in [4.69, 9.17) is 25.8 Å². The van der Waals surface area contributed by atoms with Crippen molar-refractivity contribution in [3.63, 3.8) is 0 Å². The summed E-state index contributed by atoms with van der Waals surface area (Å²) in [5.41, 5.74) is -0.0212. The zero-order chi connectivity index (χ0) is 17.6. The van der Waals surface area contributed by atoms with Gasteiger partial charge in [-0.3, -0.25) is 0 Å². The molecule has 2 aromatic rings. The Morgan fingerprint density at radius 1 is 1.17 bits per heavy atom. The van der Waals surface area contributed by atoms with E-state index >= 15 is 0 Å². The summed E-state index contributed by atoms with van der Waals surface area (Å²) in [5.74, 6) is 0.574. The first-order valence-corrected chi connectivity index (χ1v) is 8.10. The Morgan fingerprint density at radius 2 is 1.88 bits per heavy atom. The van der Waals surface area contributed by atoms with Crippen molar-refractivity contribution in [3.05, 3.63) is 59.1 Å². The van der Waals surface area contributed by atoms with Crippen LogP contribution in [-0.4, -0.2) is 18.7 Å². The van der Waals surface area contributed by atoms with Gasteiger partial charge in [0.2, 0.25) is 5.60 Å². The summed E-state index contributed by atoms with van der Waals surface area (Å²) in [4.78, 5) is 11.9. The molecule has 0 unspecified atom stereocenters. The van der Waals surface area contributed by atoms with Crippen LogP contribution in [0.1, 0.15) is 25.8 Å². The fourth-order valence-corrected chi connectivity index (χ4v) is 2.30. The van der Waals surface area contributed by atoms with Crippen LogP contribution < -0.4 is 9.47 Å². The van der Waals surface area contributed by atoms with Gasteiger partial charge < -0.3 is 14.2 Å². The number of rotatable bonds is 7. The number of methoxy groups -OCH3 is 1. The molecule has 128 valence electrons. The molecule has 0 aromatic heterocycles. The lowest BCUT2D eigenvalue weighted by Gasteiger charge is -2.26. The Labute approximate surface area is 147 Å². The Morgan fingerprint density at radius 3 is 2.50 bits per heavy atom. The van der Waals surface area contributed by atoms with Gasteiger partial charge in [0.15, 0.2) is 0 Å². The number of halogens is 1. The number of ether oxygens (including phenoxy) is 3. The molecule has 0 saturated heterocycles. The molecule has 24 heavy (non-hydrogen) atoms. The lowest BCUT2D eigenvalue weighted by Crippen LogP contribution is -2.41. The molecule has 0 N–H and O–H groups in total. The van der Waals surface area contributed by atoms with Crippen molar-refractivity contribution in [1.82, 2.24) is 0 Å². The van der Waals surface area contributed by atoms with Crippen LogP contribution in [0.2, 0.25) is 5.02 Å². The Hall–Kier alpha value is -2.20. The molecule has 0 aliphatic heterocycles. The molecule has 0 fully saturated rings. The maximum atomic E-state index is 11.9. The second-order valence-electron chi connectivity index (χ2n) is 5.54. The summed E-state index contributed by atoms with van der Waals surface area (Å²) in [6.07, 6.45) is 0.475. The van der Waals surface area contributed by atoms with Crippen LogP contribution in [0.25, 0.3) is 0 Å². The van der Waals surface area contributed by atoms with Crippen LogP contribution in [0.5, 0.6) is 11.5 Å². The summed E-state index contributed by atoms with van der Waals surface area (Å²) in [6, 6.07) is 14.9. The first-order valence-electron chi connectivity index (χ1n) is 7.72. The molecule has 1 atom stereocenters. The largest absolute Gasteiger partial charge is 0.487 e. The highest BCUT2D eigenvalue weighted by Crippen LogP contribution is 2.32. The second kappa shape index (κ2) is 8.06. The highest BCUT2D eigenvalue weighted by molar-refractivity contribution is 6.32. The predicted molar refractivity (Wildman–Crippen MR) is 93.6 cm³/mol. The molecule has 0 heterocycles. The van der Waals surface area contributed by atoms with Crippen molar-refractivity contribution in [2.24, 2.45) is 0 Å². The van der Waals surface area contributed by atoms with Gasteiger partial charge >= 0.3 is 5.97 Å². The Kier molecular flexibility index (Phi) is 6.10. The SMILES string of the molecule is CC[C@](C)(Oc1ccc(Cl)c(OCc2ccccc2)c1)C(=O)OC. The minimum absolute atomic E-state index is 0.395. The molecule has 0 spiro atoms. The van der Waals surface area contributed by atoms with Gasteiger partial charge in [-0.25, -0.2) is 4.79 Å².